The van der Waals surface area contributed by atoms with E-state index in [0.717, 1.165) is 32.5 Å². The van der Waals surface area contributed by atoms with Crippen LogP contribution in [-0.4, -0.2) is 42.3 Å². The highest BCUT2D eigenvalue weighted by molar-refractivity contribution is 5.56. The number of anilines is 2. The summed E-state index contributed by atoms with van der Waals surface area (Å²) in [4.78, 5) is 17.2. The van der Waals surface area contributed by atoms with Gasteiger partial charge in [0.05, 0.1) is 23.2 Å². The van der Waals surface area contributed by atoms with E-state index < -0.39 is 0 Å². The normalized spacial score (nSPS) is 16.0. The molecule has 0 spiro atoms. The van der Waals surface area contributed by atoms with Crippen LogP contribution in [0.2, 0.25) is 0 Å². The fraction of sp³-hybridized carbons (Fsp3) is 0.643. The Balaban J connectivity index is 2.13. The summed E-state index contributed by atoms with van der Waals surface area (Å²) in [6.07, 6.45) is 2.14. The lowest BCUT2D eigenvalue weighted by molar-refractivity contribution is -0.384. The van der Waals surface area contributed by atoms with Gasteiger partial charge in [-0.2, -0.15) is 0 Å². The molecule has 0 atom stereocenters. The van der Waals surface area contributed by atoms with Crippen LogP contribution >= 0.6 is 0 Å². The molecular weight excluding hydrogens is 272 g/mol. The molecule has 116 valence electrons. The topological polar surface area (TPSA) is 80.5 Å². The Morgan fingerprint density at radius 1 is 1.43 bits per heavy atom. The number of piperidine rings is 1. The average Bonchev–Trinajstić information content (AvgIpc) is 2.48. The minimum Gasteiger partial charge on any atom is -0.378 e. The van der Waals surface area contributed by atoms with Crippen LogP contribution in [0.1, 0.15) is 26.7 Å². The Morgan fingerprint density at radius 2 is 2.14 bits per heavy atom. The van der Waals surface area contributed by atoms with E-state index in [1.807, 2.05) is 13.8 Å². The second-order valence-electron chi connectivity index (χ2n) is 5.00. The summed E-state index contributed by atoms with van der Waals surface area (Å²) >= 11 is 0. The zero-order valence-electron chi connectivity index (χ0n) is 12.5. The summed E-state index contributed by atoms with van der Waals surface area (Å²) in [6.45, 7) is 6.96. The number of pyridine rings is 1. The minimum atomic E-state index is -0.376. The van der Waals surface area contributed by atoms with Crippen LogP contribution in [0.5, 0.6) is 0 Å². The quantitative estimate of drug-likeness (QED) is 0.641. The maximum Gasteiger partial charge on any atom is 0.276 e. The molecule has 0 saturated carbocycles. The van der Waals surface area contributed by atoms with Crippen LogP contribution in [0.3, 0.4) is 0 Å². The molecular formula is C14H22N4O3. The highest BCUT2D eigenvalue weighted by Gasteiger charge is 2.22. The van der Waals surface area contributed by atoms with E-state index in [2.05, 4.69) is 15.2 Å². The van der Waals surface area contributed by atoms with Crippen LogP contribution in [-0.2, 0) is 4.74 Å². The van der Waals surface area contributed by atoms with E-state index in [4.69, 9.17) is 4.74 Å². The second kappa shape index (κ2) is 7.21. The second-order valence-corrected chi connectivity index (χ2v) is 5.00. The summed E-state index contributed by atoms with van der Waals surface area (Å²) in [6, 6.07) is 3.02. The predicted octanol–water partition coefficient (Wildman–Crippen LogP) is 2.43. The first kappa shape index (κ1) is 15.5. The molecule has 0 bridgehead atoms. The Labute approximate surface area is 124 Å². The van der Waals surface area contributed by atoms with E-state index in [-0.39, 0.29) is 16.7 Å². The SMILES string of the molecule is CCNc1cc([N+](=O)[O-])cc(N2CCC(OCC)CC2)n1. The Bertz CT molecular complexity index is 487. The molecule has 0 aliphatic carbocycles. The van der Waals surface area contributed by atoms with Crippen molar-refractivity contribution in [1.82, 2.24) is 4.98 Å². The first-order valence-corrected chi connectivity index (χ1v) is 7.41. The van der Waals surface area contributed by atoms with Crippen LogP contribution in [0.4, 0.5) is 17.3 Å². The lowest BCUT2D eigenvalue weighted by atomic mass is 10.1. The number of nitro groups is 1. The van der Waals surface area contributed by atoms with E-state index in [9.17, 15) is 10.1 Å². The molecule has 0 unspecified atom stereocenters. The summed E-state index contributed by atoms with van der Waals surface area (Å²) < 4.78 is 5.62. The standard InChI is InChI=1S/C14H22N4O3/c1-3-15-13-9-11(18(19)20)10-14(16-13)17-7-5-12(6-8-17)21-4-2/h9-10,12H,3-8H2,1-2H3,(H,15,16). The molecule has 21 heavy (non-hydrogen) atoms. The number of ether oxygens (including phenoxy) is 1. The van der Waals surface area contributed by atoms with Crippen molar-refractivity contribution < 1.29 is 9.66 Å². The van der Waals surface area contributed by atoms with Gasteiger partial charge >= 0.3 is 0 Å². The van der Waals surface area contributed by atoms with Crippen molar-refractivity contribution >= 4 is 17.3 Å². The Kier molecular flexibility index (Phi) is 5.32. The number of hydrogen-bond acceptors (Lipinski definition) is 6. The van der Waals surface area contributed by atoms with Gasteiger partial charge in [-0.05, 0) is 26.7 Å². The zero-order valence-corrected chi connectivity index (χ0v) is 12.5. The molecule has 1 fully saturated rings. The number of nitrogens with zero attached hydrogens (tertiary/aromatic N) is 3. The molecule has 1 saturated heterocycles. The molecule has 1 N–H and O–H groups in total. The lowest BCUT2D eigenvalue weighted by Gasteiger charge is -2.32. The number of rotatable bonds is 6. The van der Waals surface area contributed by atoms with Crippen LogP contribution in [0.15, 0.2) is 12.1 Å². The van der Waals surface area contributed by atoms with Crippen molar-refractivity contribution in [2.24, 2.45) is 0 Å². The van der Waals surface area contributed by atoms with Gasteiger partial charge in [0.1, 0.15) is 11.6 Å². The van der Waals surface area contributed by atoms with E-state index in [1.54, 1.807) is 6.07 Å². The molecule has 7 heteroatoms. The molecule has 1 aromatic rings. The fourth-order valence-corrected chi connectivity index (χ4v) is 2.53. The van der Waals surface area contributed by atoms with Crippen molar-refractivity contribution in [3.05, 3.63) is 22.2 Å². The van der Waals surface area contributed by atoms with Crippen molar-refractivity contribution in [3.63, 3.8) is 0 Å². The third kappa shape index (κ3) is 4.04. The number of nitrogens with one attached hydrogen (secondary N) is 1. The number of aromatic nitrogens is 1. The summed E-state index contributed by atoms with van der Waals surface area (Å²) in [5, 5.41) is 14.1. The molecule has 2 rings (SSSR count). The van der Waals surface area contributed by atoms with Crippen molar-refractivity contribution in [2.45, 2.75) is 32.8 Å². The van der Waals surface area contributed by atoms with E-state index in [1.165, 1.54) is 6.07 Å². The smallest absolute Gasteiger partial charge is 0.276 e. The van der Waals surface area contributed by atoms with Gasteiger partial charge in [0.15, 0.2) is 0 Å². The molecule has 1 aliphatic rings. The van der Waals surface area contributed by atoms with Gasteiger partial charge < -0.3 is 15.0 Å². The van der Waals surface area contributed by atoms with Crippen LogP contribution in [0.25, 0.3) is 0 Å². The third-order valence-electron chi connectivity index (χ3n) is 3.53. The van der Waals surface area contributed by atoms with Gasteiger partial charge in [0, 0.05) is 26.2 Å². The zero-order chi connectivity index (χ0) is 15.2. The highest BCUT2D eigenvalue weighted by Crippen LogP contribution is 2.26. The molecule has 2 heterocycles. The van der Waals surface area contributed by atoms with Gasteiger partial charge in [-0.15, -0.1) is 0 Å². The van der Waals surface area contributed by atoms with Crippen molar-refractivity contribution in [1.29, 1.82) is 0 Å². The predicted molar refractivity (Wildman–Crippen MR) is 81.9 cm³/mol. The molecule has 0 amide bonds. The highest BCUT2D eigenvalue weighted by atomic mass is 16.6. The van der Waals surface area contributed by atoms with E-state index in [0.29, 0.717) is 18.2 Å². The lowest BCUT2D eigenvalue weighted by Crippen LogP contribution is -2.37. The molecule has 0 aromatic carbocycles. The van der Waals surface area contributed by atoms with Gasteiger partial charge in [-0.25, -0.2) is 4.98 Å². The third-order valence-corrected chi connectivity index (χ3v) is 3.53. The van der Waals surface area contributed by atoms with Crippen LogP contribution < -0.4 is 10.2 Å². The van der Waals surface area contributed by atoms with Crippen LogP contribution in [0, 0.1) is 10.1 Å². The van der Waals surface area contributed by atoms with Gasteiger partial charge in [0.2, 0.25) is 0 Å². The van der Waals surface area contributed by atoms with Gasteiger partial charge in [0.25, 0.3) is 5.69 Å². The average molecular weight is 294 g/mol. The largest absolute Gasteiger partial charge is 0.378 e. The first-order valence-electron chi connectivity index (χ1n) is 7.41. The fourth-order valence-electron chi connectivity index (χ4n) is 2.53. The minimum absolute atomic E-state index is 0.0721. The number of hydrogen-bond donors (Lipinski definition) is 1. The summed E-state index contributed by atoms with van der Waals surface area (Å²) in [5.41, 5.74) is 0.0721. The van der Waals surface area contributed by atoms with E-state index >= 15 is 0 Å². The maximum atomic E-state index is 11.0. The monoisotopic (exact) mass is 294 g/mol. The Hall–Kier alpha value is -1.89. The van der Waals surface area contributed by atoms with Gasteiger partial charge in [-0.1, -0.05) is 0 Å². The molecule has 7 nitrogen and oxygen atoms in total. The van der Waals surface area contributed by atoms with Crippen molar-refractivity contribution in [3.8, 4) is 0 Å². The van der Waals surface area contributed by atoms with Crippen molar-refractivity contribution in [2.75, 3.05) is 36.5 Å². The molecule has 1 aliphatic heterocycles. The molecule has 1 aromatic heterocycles. The molecule has 0 radical (unpaired) electrons. The first-order chi connectivity index (χ1) is 10.1. The maximum absolute atomic E-state index is 11.0. The summed E-state index contributed by atoms with van der Waals surface area (Å²) in [7, 11) is 0. The van der Waals surface area contributed by atoms with Gasteiger partial charge in [-0.3, -0.25) is 10.1 Å². The Morgan fingerprint density at radius 3 is 2.71 bits per heavy atom. The summed E-state index contributed by atoms with van der Waals surface area (Å²) in [5.74, 6) is 1.21.